The van der Waals surface area contributed by atoms with E-state index in [0.29, 0.717) is 34.9 Å². The Bertz CT molecular complexity index is 1910. The normalized spacial score (nSPS) is 15.9. The van der Waals surface area contributed by atoms with Crippen LogP contribution in [0, 0.1) is 0 Å². The molecule has 228 valence electrons. The fourth-order valence-corrected chi connectivity index (χ4v) is 7.15. The third kappa shape index (κ3) is 6.62. The molecule has 0 amide bonds. The van der Waals surface area contributed by atoms with Crippen LogP contribution in [0.25, 0.3) is 21.8 Å². The number of carbonyl (C=O) groups is 1. The minimum atomic E-state index is -3.68. The molecule has 1 unspecified atom stereocenters. The van der Waals surface area contributed by atoms with Gasteiger partial charge >= 0.3 is 5.97 Å². The van der Waals surface area contributed by atoms with Crippen LogP contribution in [0.3, 0.4) is 0 Å². The summed E-state index contributed by atoms with van der Waals surface area (Å²) in [5, 5.41) is 2.62. The maximum absolute atomic E-state index is 13.6. The molecule has 2 aromatic heterocycles. The number of nitrogens with two attached hydrogens (primary N) is 1. The summed E-state index contributed by atoms with van der Waals surface area (Å²) in [6.45, 7) is 1.84. The zero-order chi connectivity index (χ0) is 30.7. The van der Waals surface area contributed by atoms with Crippen LogP contribution in [0.1, 0.15) is 46.6 Å². The van der Waals surface area contributed by atoms with Gasteiger partial charge < -0.3 is 19.9 Å². The first-order valence-corrected chi connectivity index (χ1v) is 16.6. The van der Waals surface area contributed by atoms with Crippen LogP contribution in [-0.2, 0) is 33.6 Å². The lowest BCUT2D eigenvalue weighted by Crippen LogP contribution is -2.40. The molecule has 0 bridgehead atoms. The SMILES string of the molecule is CN1CCCCC1COC(=O)c1cc2ccc(CN)nc2n1Cc1cc(NS(=O)(=O)Cc2ccccc2)cc2ccccc12. The first kappa shape index (κ1) is 29.8. The molecule has 0 radical (unpaired) electrons. The third-order valence-corrected chi connectivity index (χ3v) is 9.56. The Morgan fingerprint density at radius 1 is 1.00 bits per heavy atom. The molecule has 5 aromatic rings. The number of nitrogens with zero attached hydrogens (tertiary/aromatic N) is 3. The minimum absolute atomic E-state index is 0.143. The van der Waals surface area contributed by atoms with Gasteiger partial charge in [0, 0.05) is 23.7 Å². The number of sulfonamides is 1. The number of esters is 1. The van der Waals surface area contributed by atoms with Crippen molar-refractivity contribution in [1.29, 1.82) is 0 Å². The van der Waals surface area contributed by atoms with Crippen LogP contribution in [-0.4, -0.2) is 55.1 Å². The van der Waals surface area contributed by atoms with Gasteiger partial charge in [0.1, 0.15) is 17.9 Å². The Morgan fingerprint density at radius 3 is 2.59 bits per heavy atom. The van der Waals surface area contributed by atoms with Crippen LogP contribution in [0.2, 0.25) is 0 Å². The molecule has 0 saturated carbocycles. The number of piperidine rings is 1. The van der Waals surface area contributed by atoms with Crippen molar-refractivity contribution in [2.24, 2.45) is 5.73 Å². The smallest absolute Gasteiger partial charge is 0.355 e. The van der Waals surface area contributed by atoms with Crippen molar-refractivity contribution in [2.45, 2.75) is 44.1 Å². The van der Waals surface area contributed by atoms with Crippen molar-refractivity contribution in [3.8, 4) is 0 Å². The number of nitrogens with one attached hydrogen (secondary N) is 1. The Labute approximate surface area is 257 Å². The number of aromatic nitrogens is 2. The number of fused-ring (bicyclic) bond motifs is 2. The van der Waals surface area contributed by atoms with Crippen molar-refractivity contribution in [1.82, 2.24) is 14.5 Å². The molecule has 0 aliphatic carbocycles. The fraction of sp³-hybridized carbons (Fsp3) is 0.294. The largest absolute Gasteiger partial charge is 0.459 e. The zero-order valence-corrected chi connectivity index (χ0v) is 25.6. The Morgan fingerprint density at radius 2 is 1.80 bits per heavy atom. The standard InChI is InChI=1S/C34H37N5O4S/c1-38-16-8-7-12-30(38)22-43-34(40)32-19-26-14-15-28(20-35)36-33(26)39(32)21-27-18-29(17-25-11-5-6-13-31(25)27)37-44(41,42)23-24-9-3-2-4-10-24/h2-6,9-11,13-15,17-19,30,37H,7-8,12,16,20-23,35H2,1H3. The lowest BCUT2D eigenvalue weighted by Gasteiger charge is -2.31. The van der Waals surface area contributed by atoms with E-state index in [1.54, 1.807) is 12.1 Å². The Hall–Kier alpha value is -4.25. The lowest BCUT2D eigenvalue weighted by atomic mass is 10.0. The Balaban J connectivity index is 1.36. The van der Waals surface area contributed by atoms with E-state index in [2.05, 4.69) is 16.7 Å². The van der Waals surface area contributed by atoms with Gasteiger partial charge in [0.05, 0.1) is 18.0 Å². The first-order valence-electron chi connectivity index (χ1n) is 14.9. The molecule has 0 spiro atoms. The molecule has 1 aliphatic heterocycles. The van der Waals surface area contributed by atoms with E-state index in [9.17, 15) is 13.2 Å². The first-order chi connectivity index (χ1) is 21.3. The summed E-state index contributed by atoms with van der Waals surface area (Å²) in [5.41, 5.74) is 9.62. The zero-order valence-electron chi connectivity index (χ0n) is 24.8. The molecule has 44 heavy (non-hydrogen) atoms. The number of carbonyl (C=O) groups excluding carboxylic acids is 1. The van der Waals surface area contributed by atoms with Gasteiger partial charge in [-0.3, -0.25) is 4.72 Å². The topological polar surface area (TPSA) is 120 Å². The Kier molecular flexibility index (Phi) is 8.65. The van der Waals surface area contributed by atoms with Gasteiger partial charge in [-0.05, 0) is 78.7 Å². The van der Waals surface area contributed by atoms with E-state index in [-0.39, 0.29) is 24.9 Å². The summed E-state index contributed by atoms with van der Waals surface area (Å²) in [7, 11) is -1.62. The molecule has 3 N–H and O–H groups in total. The maximum Gasteiger partial charge on any atom is 0.355 e. The van der Waals surface area contributed by atoms with Crippen LogP contribution in [0.15, 0.2) is 84.9 Å². The molecule has 1 atom stereocenters. The molecular formula is C34H37N5O4S. The number of ether oxygens (including phenoxy) is 1. The van der Waals surface area contributed by atoms with Crippen LogP contribution in [0.5, 0.6) is 0 Å². The molecule has 3 aromatic carbocycles. The number of benzene rings is 3. The number of anilines is 1. The maximum atomic E-state index is 13.6. The molecule has 1 aliphatic rings. The summed E-state index contributed by atoms with van der Waals surface area (Å²) in [4.78, 5) is 20.6. The van der Waals surface area contributed by atoms with Crippen LogP contribution in [0.4, 0.5) is 5.69 Å². The lowest BCUT2D eigenvalue weighted by molar-refractivity contribution is 0.0318. The van der Waals surface area contributed by atoms with E-state index >= 15 is 0 Å². The highest BCUT2D eigenvalue weighted by molar-refractivity contribution is 7.91. The van der Waals surface area contributed by atoms with Crippen molar-refractivity contribution in [3.63, 3.8) is 0 Å². The van der Waals surface area contributed by atoms with Crippen molar-refractivity contribution in [3.05, 3.63) is 107 Å². The quantitative estimate of drug-likeness (QED) is 0.206. The fourth-order valence-electron chi connectivity index (χ4n) is 5.97. The predicted octanol–water partition coefficient (Wildman–Crippen LogP) is 5.28. The van der Waals surface area contributed by atoms with E-state index in [4.69, 9.17) is 15.5 Å². The summed E-state index contributed by atoms with van der Waals surface area (Å²) in [5.74, 6) is -0.559. The molecule has 1 saturated heterocycles. The number of likely N-dealkylation sites (N-methyl/N-ethyl adjacent to an activating group) is 1. The van der Waals surface area contributed by atoms with Crippen LogP contribution < -0.4 is 10.5 Å². The summed E-state index contributed by atoms with van der Waals surface area (Å²) < 4.78 is 36.8. The predicted molar refractivity (Wildman–Crippen MR) is 174 cm³/mol. The number of rotatable bonds is 10. The number of pyridine rings is 1. The molecule has 9 nitrogen and oxygen atoms in total. The van der Waals surface area contributed by atoms with Crippen molar-refractivity contribution < 1.29 is 17.9 Å². The molecule has 3 heterocycles. The third-order valence-electron chi connectivity index (χ3n) is 8.30. The number of hydrogen-bond acceptors (Lipinski definition) is 7. The highest BCUT2D eigenvalue weighted by Gasteiger charge is 2.24. The second-order valence-electron chi connectivity index (χ2n) is 11.5. The van der Waals surface area contributed by atoms with Gasteiger partial charge in [0.15, 0.2) is 0 Å². The van der Waals surface area contributed by atoms with Crippen molar-refractivity contribution >= 4 is 43.5 Å². The minimum Gasteiger partial charge on any atom is -0.459 e. The summed E-state index contributed by atoms with van der Waals surface area (Å²) in [6, 6.07) is 26.3. The summed E-state index contributed by atoms with van der Waals surface area (Å²) in [6.07, 6.45) is 3.27. The van der Waals surface area contributed by atoms with Crippen molar-refractivity contribution in [2.75, 3.05) is 24.9 Å². The van der Waals surface area contributed by atoms with E-state index < -0.39 is 16.0 Å². The van der Waals surface area contributed by atoms with Gasteiger partial charge in [-0.1, -0.05) is 61.0 Å². The highest BCUT2D eigenvalue weighted by atomic mass is 32.2. The van der Waals surface area contributed by atoms with E-state index in [1.165, 1.54) is 0 Å². The highest BCUT2D eigenvalue weighted by Crippen LogP contribution is 2.29. The van der Waals surface area contributed by atoms with Gasteiger partial charge in [-0.25, -0.2) is 18.2 Å². The molecular weight excluding hydrogens is 574 g/mol. The second kappa shape index (κ2) is 12.8. The molecule has 6 rings (SSSR count). The van der Waals surface area contributed by atoms with Gasteiger partial charge in [0.2, 0.25) is 10.0 Å². The number of likely N-dealkylation sites (tertiary alicyclic amines) is 1. The average molecular weight is 612 g/mol. The van der Waals surface area contributed by atoms with Gasteiger partial charge in [-0.2, -0.15) is 0 Å². The average Bonchev–Trinajstić information content (AvgIpc) is 3.38. The number of hydrogen-bond donors (Lipinski definition) is 2. The summed E-state index contributed by atoms with van der Waals surface area (Å²) >= 11 is 0. The van der Waals surface area contributed by atoms with E-state index in [1.807, 2.05) is 77.4 Å². The second-order valence-corrected chi connectivity index (χ2v) is 13.2. The van der Waals surface area contributed by atoms with Gasteiger partial charge in [-0.15, -0.1) is 0 Å². The molecule has 1 fully saturated rings. The van der Waals surface area contributed by atoms with Crippen LogP contribution >= 0.6 is 0 Å². The monoisotopic (exact) mass is 611 g/mol. The molecule has 10 heteroatoms. The van der Waals surface area contributed by atoms with E-state index in [0.717, 1.165) is 47.5 Å². The van der Waals surface area contributed by atoms with Gasteiger partial charge in [0.25, 0.3) is 0 Å².